The molecule has 0 aromatic carbocycles. The Morgan fingerprint density at radius 3 is 2.68 bits per heavy atom. The second-order valence-corrected chi connectivity index (χ2v) is 8.60. The predicted octanol–water partition coefficient (Wildman–Crippen LogP) is 1.20. The van der Waals surface area contributed by atoms with Crippen molar-refractivity contribution in [1.82, 2.24) is 24.7 Å². The normalized spacial score (nSPS) is 22.2. The minimum Gasteiger partial charge on any atom is -0.379 e. The number of likely N-dealkylation sites (tertiary alicyclic amines) is 1. The summed E-state index contributed by atoms with van der Waals surface area (Å²) in [7, 11) is 1.86. The lowest BCUT2D eigenvalue weighted by Gasteiger charge is -2.35. The zero-order valence-electron chi connectivity index (χ0n) is 18.7. The molecule has 31 heavy (non-hydrogen) atoms. The SMILES string of the molecule is CNc1nc([C@H]2CCCCN2C(C)=O)nc2c1CN(C(=O)CCN1CCOCC1)CC2. The molecule has 9 heteroatoms. The van der Waals surface area contributed by atoms with Crippen molar-refractivity contribution in [3.8, 4) is 0 Å². The van der Waals surface area contributed by atoms with Gasteiger partial charge in [0, 0.05) is 65.1 Å². The summed E-state index contributed by atoms with van der Waals surface area (Å²) in [4.78, 5) is 40.8. The molecule has 0 radical (unpaired) electrons. The third-order valence-electron chi connectivity index (χ3n) is 6.62. The number of aromatic nitrogens is 2. The zero-order valence-corrected chi connectivity index (χ0v) is 18.7. The van der Waals surface area contributed by atoms with Crippen molar-refractivity contribution >= 4 is 17.6 Å². The molecule has 4 heterocycles. The Kier molecular flexibility index (Phi) is 7.02. The van der Waals surface area contributed by atoms with Crippen LogP contribution < -0.4 is 5.32 Å². The van der Waals surface area contributed by atoms with Crippen molar-refractivity contribution in [2.45, 2.75) is 51.6 Å². The molecule has 0 saturated carbocycles. The van der Waals surface area contributed by atoms with Crippen LogP contribution in [0.25, 0.3) is 0 Å². The molecular weight excluding hydrogens is 396 g/mol. The number of hydrogen-bond acceptors (Lipinski definition) is 7. The lowest BCUT2D eigenvalue weighted by atomic mass is 10.00. The van der Waals surface area contributed by atoms with Gasteiger partial charge in [0.05, 0.1) is 31.5 Å². The number of rotatable bonds is 5. The number of fused-ring (bicyclic) bond motifs is 1. The number of ether oxygens (including phenoxy) is 1. The quantitative estimate of drug-likeness (QED) is 0.751. The lowest BCUT2D eigenvalue weighted by Crippen LogP contribution is -2.42. The number of hydrogen-bond donors (Lipinski definition) is 1. The second kappa shape index (κ2) is 9.91. The highest BCUT2D eigenvalue weighted by molar-refractivity contribution is 5.77. The van der Waals surface area contributed by atoms with E-state index in [0.29, 0.717) is 19.5 Å². The van der Waals surface area contributed by atoms with Gasteiger partial charge in [-0.25, -0.2) is 9.97 Å². The van der Waals surface area contributed by atoms with Gasteiger partial charge in [-0.1, -0.05) is 0 Å². The zero-order chi connectivity index (χ0) is 21.8. The smallest absolute Gasteiger partial charge is 0.224 e. The number of amides is 2. The standard InChI is InChI=1S/C22H34N6O3/c1-16(29)28-8-4-3-5-19(28)22-24-18-6-10-27(15-17(18)21(23-2)25-22)20(30)7-9-26-11-13-31-14-12-26/h19H,3-15H2,1-2H3,(H,23,24,25)/t19-/m1/s1. The fraction of sp³-hybridized carbons (Fsp3) is 0.727. The number of carbonyl (C=O) groups is 2. The van der Waals surface area contributed by atoms with E-state index in [9.17, 15) is 9.59 Å². The molecule has 0 bridgehead atoms. The van der Waals surface area contributed by atoms with E-state index in [2.05, 4.69) is 10.2 Å². The van der Waals surface area contributed by atoms with Crippen LogP contribution >= 0.6 is 0 Å². The Bertz CT molecular complexity index is 793. The predicted molar refractivity (Wildman–Crippen MR) is 117 cm³/mol. The molecule has 4 rings (SSSR count). The maximum absolute atomic E-state index is 12.8. The summed E-state index contributed by atoms with van der Waals surface area (Å²) in [5.41, 5.74) is 2.00. The van der Waals surface area contributed by atoms with E-state index in [0.717, 1.165) is 88.0 Å². The second-order valence-electron chi connectivity index (χ2n) is 8.60. The first-order chi connectivity index (χ1) is 15.1. The van der Waals surface area contributed by atoms with Gasteiger partial charge < -0.3 is 19.9 Å². The number of piperidine rings is 1. The van der Waals surface area contributed by atoms with Crippen molar-refractivity contribution < 1.29 is 14.3 Å². The summed E-state index contributed by atoms with van der Waals surface area (Å²) in [5, 5.41) is 3.21. The third kappa shape index (κ3) is 4.98. The van der Waals surface area contributed by atoms with Crippen molar-refractivity contribution in [3.05, 3.63) is 17.1 Å². The van der Waals surface area contributed by atoms with Gasteiger partial charge >= 0.3 is 0 Å². The van der Waals surface area contributed by atoms with Crippen LogP contribution in [0.15, 0.2) is 0 Å². The van der Waals surface area contributed by atoms with Crippen LogP contribution in [-0.2, 0) is 27.3 Å². The topological polar surface area (TPSA) is 90.9 Å². The fourth-order valence-corrected chi connectivity index (χ4v) is 4.82. The maximum Gasteiger partial charge on any atom is 0.224 e. The van der Waals surface area contributed by atoms with Crippen molar-refractivity contribution in [1.29, 1.82) is 0 Å². The highest BCUT2D eigenvalue weighted by atomic mass is 16.5. The van der Waals surface area contributed by atoms with E-state index >= 15 is 0 Å². The first-order valence-electron chi connectivity index (χ1n) is 11.5. The Morgan fingerprint density at radius 2 is 1.94 bits per heavy atom. The highest BCUT2D eigenvalue weighted by Gasteiger charge is 2.31. The number of anilines is 1. The molecule has 0 aliphatic carbocycles. The van der Waals surface area contributed by atoms with Crippen molar-refractivity contribution in [2.24, 2.45) is 0 Å². The fourth-order valence-electron chi connectivity index (χ4n) is 4.82. The monoisotopic (exact) mass is 430 g/mol. The van der Waals surface area contributed by atoms with Gasteiger partial charge in [-0.2, -0.15) is 0 Å². The number of nitrogens with one attached hydrogen (secondary N) is 1. The van der Waals surface area contributed by atoms with Gasteiger partial charge in [-0.3, -0.25) is 14.5 Å². The summed E-state index contributed by atoms with van der Waals surface area (Å²) >= 11 is 0. The highest BCUT2D eigenvalue weighted by Crippen LogP contribution is 2.32. The molecule has 9 nitrogen and oxygen atoms in total. The molecule has 1 N–H and O–H groups in total. The lowest BCUT2D eigenvalue weighted by molar-refractivity contribution is -0.133. The van der Waals surface area contributed by atoms with Crippen LogP contribution in [-0.4, -0.2) is 89.5 Å². The van der Waals surface area contributed by atoms with Crippen LogP contribution in [0.4, 0.5) is 5.82 Å². The van der Waals surface area contributed by atoms with Gasteiger partial charge in [0.15, 0.2) is 5.82 Å². The maximum atomic E-state index is 12.8. The summed E-state index contributed by atoms with van der Waals surface area (Å²) in [6.45, 7) is 7.67. The molecule has 3 aliphatic heterocycles. The van der Waals surface area contributed by atoms with Gasteiger partial charge in [0.1, 0.15) is 5.82 Å². The van der Waals surface area contributed by atoms with E-state index in [-0.39, 0.29) is 17.9 Å². The average molecular weight is 431 g/mol. The minimum atomic E-state index is -0.0585. The molecule has 2 saturated heterocycles. The first-order valence-corrected chi connectivity index (χ1v) is 11.5. The number of nitrogens with zero attached hydrogens (tertiary/aromatic N) is 5. The van der Waals surface area contributed by atoms with Crippen molar-refractivity contribution in [2.75, 3.05) is 58.3 Å². The van der Waals surface area contributed by atoms with Crippen LogP contribution in [0.1, 0.15) is 55.7 Å². The molecule has 1 aromatic heterocycles. The van der Waals surface area contributed by atoms with E-state index in [4.69, 9.17) is 14.7 Å². The summed E-state index contributed by atoms with van der Waals surface area (Å²) in [5.74, 6) is 1.76. The Labute approximate surface area is 184 Å². The Morgan fingerprint density at radius 1 is 1.13 bits per heavy atom. The van der Waals surface area contributed by atoms with Crippen LogP contribution in [0.5, 0.6) is 0 Å². The Hall–Kier alpha value is -2.26. The number of carbonyl (C=O) groups excluding carboxylic acids is 2. The molecule has 2 amide bonds. The molecular formula is C22H34N6O3. The van der Waals surface area contributed by atoms with Gasteiger partial charge in [-0.05, 0) is 19.3 Å². The molecule has 2 fully saturated rings. The van der Waals surface area contributed by atoms with Gasteiger partial charge in [-0.15, -0.1) is 0 Å². The van der Waals surface area contributed by atoms with Crippen LogP contribution in [0, 0.1) is 0 Å². The molecule has 0 spiro atoms. The summed E-state index contributed by atoms with van der Waals surface area (Å²) in [6.07, 6.45) is 4.25. The summed E-state index contributed by atoms with van der Waals surface area (Å²) in [6, 6.07) is -0.0585. The Balaban J connectivity index is 1.46. The molecule has 1 aromatic rings. The van der Waals surface area contributed by atoms with E-state index in [1.807, 2.05) is 16.8 Å². The van der Waals surface area contributed by atoms with Crippen molar-refractivity contribution in [3.63, 3.8) is 0 Å². The van der Waals surface area contributed by atoms with Gasteiger partial charge in [0.2, 0.25) is 11.8 Å². The van der Waals surface area contributed by atoms with Crippen LogP contribution in [0.2, 0.25) is 0 Å². The van der Waals surface area contributed by atoms with Gasteiger partial charge in [0.25, 0.3) is 0 Å². The molecule has 1 atom stereocenters. The number of morpholine rings is 1. The average Bonchev–Trinajstić information content (AvgIpc) is 2.82. The van der Waals surface area contributed by atoms with Crippen LogP contribution in [0.3, 0.4) is 0 Å². The minimum absolute atomic E-state index is 0.0585. The molecule has 3 aliphatic rings. The molecule has 170 valence electrons. The largest absolute Gasteiger partial charge is 0.379 e. The van der Waals surface area contributed by atoms with E-state index in [1.165, 1.54) is 0 Å². The summed E-state index contributed by atoms with van der Waals surface area (Å²) < 4.78 is 5.38. The third-order valence-corrected chi connectivity index (χ3v) is 6.62. The first kappa shape index (κ1) is 22.0. The van der Waals surface area contributed by atoms with E-state index in [1.54, 1.807) is 6.92 Å². The van der Waals surface area contributed by atoms with E-state index < -0.39 is 0 Å². The molecule has 0 unspecified atom stereocenters.